The molecule has 0 radical (unpaired) electrons. The van der Waals surface area contributed by atoms with E-state index in [1.807, 2.05) is 0 Å². The molecule has 37 heavy (non-hydrogen) atoms. The largest absolute Gasteiger partial charge is 0.463 e. The molecule has 1 fully saturated rings. The summed E-state index contributed by atoms with van der Waals surface area (Å²) in [5.74, 6) is -5.01. The molecule has 5 atom stereocenters. The third-order valence-corrected chi connectivity index (χ3v) is 5.80. The van der Waals surface area contributed by atoms with Crippen molar-refractivity contribution in [2.24, 2.45) is 0 Å². The molecule has 3 rings (SSSR count). The number of carbonyl (C=O) groups is 5. The number of carbonyl (C=O) groups excluding carboxylic acids is 5. The lowest BCUT2D eigenvalue weighted by atomic mass is 9.94. The van der Waals surface area contributed by atoms with Gasteiger partial charge in [0.15, 0.2) is 12.2 Å². The van der Waals surface area contributed by atoms with Crippen molar-refractivity contribution >= 4 is 70.4 Å². The average Bonchev–Trinajstić information content (AvgIpc) is 3.03. The molecule has 0 unspecified atom stereocenters. The van der Waals surface area contributed by atoms with Crippen molar-refractivity contribution in [2.75, 3.05) is 6.61 Å². The highest BCUT2D eigenvalue weighted by atomic mass is 35.6. The Balaban J connectivity index is 2.14. The summed E-state index contributed by atoms with van der Waals surface area (Å²) in [7, 11) is 0. The number of alkyl halides is 3. The van der Waals surface area contributed by atoms with Gasteiger partial charge in [0.05, 0.1) is 11.1 Å². The van der Waals surface area contributed by atoms with Crippen LogP contribution in [0.5, 0.6) is 0 Å². The molecule has 1 aromatic carbocycles. The van der Waals surface area contributed by atoms with Crippen molar-refractivity contribution in [1.82, 2.24) is 4.90 Å². The molecule has 1 saturated heterocycles. The Morgan fingerprint density at radius 3 is 1.89 bits per heavy atom. The molecule has 1 N–H and O–H groups in total. The predicted octanol–water partition coefficient (Wildman–Crippen LogP) is 2.17. The van der Waals surface area contributed by atoms with E-state index in [4.69, 9.17) is 63.9 Å². The number of rotatable bonds is 6. The Labute approximate surface area is 225 Å². The van der Waals surface area contributed by atoms with E-state index < -0.39 is 76.7 Å². The molecular formula is C22H21Cl3N2O10. The van der Waals surface area contributed by atoms with Gasteiger partial charge in [-0.05, 0) is 12.1 Å². The fourth-order valence-electron chi connectivity index (χ4n) is 3.92. The smallest absolute Gasteiger partial charge is 0.303 e. The molecule has 2 amide bonds. The normalized spacial score (nSPS) is 25.2. The van der Waals surface area contributed by atoms with Crippen LogP contribution in [-0.2, 0) is 38.1 Å². The molecule has 12 nitrogen and oxygen atoms in total. The monoisotopic (exact) mass is 578 g/mol. The summed E-state index contributed by atoms with van der Waals surface area (Å²) in [5.41, 5.74) is 0.0747. The van der Waals surface area contributed by atoms with Crippen LogP contribution in [0.3, 0.4) is 0 Å². The van der Waals surface area contributed by atoms with Gasteiger partial charge in [-0.2, -0.15) is 0 Å². The van der Waals surface area contributed by atoms with E-state index in [0.717, 1.165) is 20.8 Å². The third kappa shape index (κ3) is 6.32. The van der Waals surface area contributed by atoms with Crippen LogP contribution in [0.4, 0.5) is 0 Å². The van der Waals surface area contributed by atoms with Crippen molar-refractivity contribution in [3.8, 4) is 0 Å². The average molecular weight is 580 g/mol. The van der Waals surface area contributed by atoms with Gasteiger partial charge in [0.2, 0.25) is 12.2 Å². The Hall–Kier alpha value is -2.93. The van der Waals surface area contributed by atoms with Crippen LogP contribution >= 0.6 is 34.8 Å². The van der Waals surface area contributed by atoms with Gasteiger partial charge in [0, 0.05) is 20.8 Å². The number of amides is 2. The van der Waals surface area contributed by atoms with Crippen LogP contribution in [0.2, 0.25) is 0 Å². The van der Waals surface area contributed by atoms with Crippen LogP contribution in [0, 0.1) is 5.41 Å². The van der Waals surface area contributed by atoms with E-state index in [1.54, 1.807) is 0 Å². The van der Waals surface area contributed by atoms with Gasteiger partial charge in [-0.3, -0.25) is 34.3 Å². The summed E-state index contributed by atoms with van der Waals surface area (Å²) in [4.78, 5) is 62.9. The van der Waals surface area contributed by atoms with Gasteiger partial charge in [-0.25, -0.2) is 0 Å². The first-order chi connectivity index (χ1) is 17.2. The quantitative estimate of drug-likeness (QED) is 0.132. The lowest BCUT2D eigenvalue weighted by Gasteiger charge is -2.47. The molecule has 0 aromatic heterocycles. The zero-order chi connectivity index (χ0) is 27.7. The fraction of sp³-hybridized carbons (Fsp3) is 0.455. The van der Waals surface area contributed by atoms with Crippen molar-refractivity contribution in [1.29, 1.82) is 5.41 Å². The zero-order valence-electron chi connectivity index (χ0n) is 19.6. The lowest BCUT2D eigenvalue weighted by molar-refractivity contribution is -0.268. The first-order valence-corrected chi connectivity index (χ1v) is 11.8. The predicted molar refractivity (Wildman–Crippen MR) is 126 cm³/mol. The number of esters is 3. The highest BCUT2D eigenvalue weighted by Crippen LogP contribution is 2.37. The number of nitrogens with zero attached hydrogens (tertiary/aromatic N) is 1. The van der Waals surface area contributed by atoms with Gasteiger partial charge in [0.25, 0.3) is 15.6 Å². The van der Waals surface area contributed by atoms with Gasteiger partial charge in [-0.15, -0.1) is 0 Å². The molecule has 0 bridgehead atoms. The Kier molecular flexibility index (Phi) is 8.68. The minimum absolute atomic E-state index is 0.0374. The van der Waals surface area contributed by atoms with Gasteiger partial charge in [0.1, 0.15) is 18.8 Å². The third-order valence-electron chi connectivity index (χ3n) is 5.28. The lowest BCUT2D eigenvalue weighted by Crippen LogP contribution is -2.68. The molecule has 2 aliphatic rings. The van der Waals surface area contributed by atoms with Crippen molar-refractivity contribution < 1.29 is 47.7 Å². The SMILES string of the molecule is CC(=O)OC[C@H]1O[C@@H](OC(=N)C(Cl)(Cl)Cl)[C@H](N2C(=O)c3ccccc3C2=O)[C@@H](OC(C)=O)[C@@H]1OC(C)=O. The number of benzene rings is 1. The van der Waals surface area contributed by atoms with Crippen molar-refractivity contribution in [3.05, 3.63) is 35.4 Å². The van der Waals surface area contributed by atoms with Crippen LogP contribution in [-0.4, -0.2) is 81.6 Å². The molecule has 2 aliphatic heterocycles. The van der Waals surface area contributed by atoms with E-state index in [2.05, 4.69) is 0 Å². The summed E-state index contributed by atoms with van der Waals surface area (Å²) in [6, 6.07) is 4.26. The number of hydrogen-bond donors (Lipinski definition) is 1. The number of halogens is 3. The van der Waals surface area contributed by atoms with Crippen molar-refractivity contribution in [3.63, 3.8) is 0 Å². The summed E-state index contributed by atoms with van der Waals surface area (Å²) in [6.45, 7) is 2.69. The highest BCUT2D eigenvalue weighted by molar-refractivity contribution is 6.76. The topological polar surface area (TPSA) is 159 Å². The summed E-state index contributed by atoms with van der Waals surface area (Å²) in [5, 5.41) is 8.01. The first kappa shape index (κ1) is 28.6. The Morgan fingerprint density at radius 1 is 0.919 bits per heavy atom. The number of imide groups is 1. The Morgan fingerprint density at radius 2 is 1.43 bits per heavy atom. The number of ether oxygens (including phenoxy) is 5. The molecule has 2 heterocycles. The van der Waals surface area contributed by atoms with Crippen molar-refractivity contribution in [2.45, 2.75) is 55.2 Å². The second-order valence-electron chi connectivity index (χ2n) is 7.95. The van der Waals surface area contributed by atoms with Gasteiger partial charge >= 0.3 is 17.9 Å². The second kappa shape index (κ2) is 11.2. The van der Waals surface area contributed by atoms with E-state index in [0.29, 0.717) is 4.90 Å². The number of fused-ring (bicyclic) bond motifs is 1. The molecular weight excluding hydrogens is 559 g/mol. The Bertz CT molecular complexity index is 1100. The van der Waals surface area contributed by atoms with Crippen LogP contribution in [0.15, 0.2) is 24.3 Å². The number of hydrogen-bond acceptors (Lipinski definition) is 11. The maximum atomic E-state index is 13.3. The van der Waals surface area contributed by atoms with Gasteiger partial charge < -0.3 is 23.7 Å². The first-order valence-electron chi connectivity index (χ1n) is 10.6. The maximum absolute atomic E-state index is 13.3. The molecule has 15 heteroatoms. The molecule has 1 aromatic rings. The van der Waals surface area contributed by atoms with Crippen LogP contribution in [0.1, 0.15) is 41.5 Å². The summed E-state index contributed by atoms with van der Waals surface area (Å²) >= 11 is 17.3. The minimum atomic E-state index is -2.38. The highest BCUT2D eigenvalue weighted by Gasteiger charge is 2.58. The fourth-order valence-corrected chi connectivity index (χ4v) is 4.05. The van der Waals surface area contributed by atoms with E-state index >= 15 is 0 Å². The summed E-state index contributed by atoms with van der Waals surface area (Å²) in [6.07, 6.45) is -6.23. The zero-order valence-corrected chi connectivity index (χ0v) is 21.8. The van der Waals surface area contributed by atoms with E-state index in [-0.39, 0.29) is 11.1 Å². The molecule has 200 valence electrons. The maximum Gasteiger partial charge on any atom is 0.303 e. The number of nitrogens with one attached hydrogen (secondary N) is 1. The minimum Gasteiger partial charge on any atom is -0.463 e. The molecule has 0 saturated carbocycles. The van der Waals surface area contributed by atoms with Crippen LogP contribution < -0.4 is 0 Å². The van der Waals surface area contributed by atoms with Gasteiger partial charge in [-0.1, -0.05) is 46.9 Å². The summed E-state index contributed by atoms with van der Waals surface area (Å²) < 4.78 is 24.6. The molecule has 0 spiro atoms. The standard InChI is InChI=1S/C22H21Cl3N2O10/c1-9(28)33-8-14-16(34-10(2)29)17(35-11(3)30)15(20(36-14)37-21(26)22(23,24)25)27-18(31)12-6-4-5-7-13(12)19(27)32/h4-7,14-17,20,26H,8H2,1-3H3/t14-,15-,16-,17-,20+/m1/s1. The van der Waals surface area contributed by atoms with E-state index in [9.17, 15) is 24.0 Å². The van der Waals surface area contributed by atoms with Crippen LogP contribution in [0.25, 0.3) is 0 Å². The second-order valence-corrected chi connectivity index (χ2v) is 10.2. The molecule has 0 aliphatic carbocycles. The van der Waals surface area contributed by atoms with E-state index in [1.165, 1.54) is 24.3 Å².